The molecule has 0 amide bonds. The van der Waals surface area contributed by atoms with Crippen LogP contribution in [0, 0.1) is 23.6 Å². The molecule has 0 bridgehead atoms. The standard InChI is InChI=1S/C25H29FOS/c1-5-23-16(3)15(2)17(4)25(27-23)19-10-11-22(26)20(12-19)14-21-13-18-8-6-7-9-24(18)28-21/h6-13,15-17,23,25H,5,14H2,1-4H3. The summed E-state index contributed by atoms with van der Waals surface area (Å²) >= 11 is 1.75. The van der Waals surface area contributed by atoms with Crippen molar-refractivity contribution in [3.63, 3.8) is 0 Å². The third-order valence-electron chi connectivity index (χ3n) is 6.69. The Kier molecular flexibility index (Phi) is 5.57. The molecule has 4 rings (SSSR count). The normalized spacial score (nSPS) is 28.0. The second-order valence-corrected chi connectivity index (χ2v) is 9.53. The zero-order chi connectivity index (χ0) is 19.8. The molecule has 1 saturated heterocycles. The van der Waals surface area contributed by atoms with E-state index in [1.165, 1.54) is 15.0 Å². The van der Waals surface area contributed by atoms with Crippen LogP contribution in [-0.4, -0.2) is 6.10 Å². The summed E-state index contributed by atoms with van der Waals surface area (Å²) in [7, 11) is 0. The van der Waals surface area contributed by atoms with Gasteiger partial charge in [-0.2, -0.15) is 0 Å². The van der Waals surface area contributed by atoms with Crippen LogP contribution in [0.1, 0.15) is 56.2 Å². The number of ether oxygens (including phenoxy) is 1. The fourth-order valence-electron chi connectivity index (χ4n) is 4.60. The van der Waals surface area contributed by atoms with E-state index < -0.39 is 0 Å². The van der Waals surface area contributed by atoms with Gasteiger partial charge in [0.05, 0.1) is 12.2 Å². The van der Waals surface area contributed by atoms with E-state index in [9.17, 15) is 4.39 Å². The average molecular weight is 397 g/mol. The minimum Gasteiger partial charge on any atom is -0.370 e. The Balaban J connectivity index is 1.63. The van der Waals surface area contributed by atoms with Gasteiger partial charge < -0.3 is 4.74 Å². The molecule has 148 valence electrons. The van der Waals surface area contributed by atoms with E-state index in [1.54, 1.807) is 17.4 Å². The molecule has 0 saturated carbocycles. The molecule has 2 aromatic carbocycles. The SMILES string of the molecule is CCC1OC(c2ccc(F)c(Cc3cc4ccccc4s3)c2)C(C)C(C)C1C. The lowest BCUT2D eigenvalue weighted by Crippen LogP contribution is -2.40. The Labute approximate surface area is 171 Å². The minimum absolute atomic E-state index is 0.0397. The molecule has 1 aromatic heterocycles. The van der Waals surface area contributed by atoms with E-state index in [4.69, 9.17) is 4.74 Å². The number of hydrogen-bond donors (Lipinski definition) is 0. The molecule has 1 nitrogen and oxygen atoms in total. The summed E-state index contributed by atoms with van der Waals surface area (Å²) in [6.45, 7) is 9.09. The maximum atomic E-state index is 14.6. The number of rotatable bonds is 4. The summed E-state index contributed by atoms with van der Waals surface area (Å²) < 4.78 is 22.4. The Bertz CT molecular complexity index is 927. The van der Waals surface area contributed by atoms with Crippen LogP contribution < -0.4 is 0 Å². The molecule has 5 atom stereocenters. The van der Waals surface area contributed by atoms with E-state index >= 15 is 0 Å². The van der Waals surface area contributed by atoms with Gasteiger partial charge in [-0.05, 0) is 65.0 Å². The molecule has 1 fully saturated rings. The average Bonchev–Trinajstić information content (AvgIpc) is 3.11. The molecule has 2 heterocycles. The summed E-state index contributed by atoms with van der Waals surface area (Å²) in [6, 6.07) is 16.1. The second-order valence-electron chi connectivity index (χ2n) is 8.36. The molecule has 0 N–H and O–H groups in total. The molecular formula is C25H29FOS. The first kappa shape index (κ1) is 19.6. The zero-order valence-corrected chi connectivity index (χ0v) is 17.9. The largest absolute Gasteiger partial charge is 0.370 e. The molecule has 3 heteroatoms. The highest BCUT2D eigenvalue weighted by atomic mass is 32.1. The van der Waals surface area contributed by atoms with Crippen LogP contribution in [0.4, 0.5) is 4.39 Å². The third kappa shape index (κ3) is 3.62. The summed E-state index contributed by atoms with van der Waals surface area (Å²) in [5.74, 6) is 1.42. The van der Waals surface area contributed by atoms with Gasteiger partial charge in [-0.25, -0.2) is 4.39 Å². The van der Waals surface area contributed by atoms with Crippen molar-refractivity contribution >= 4 is 21.4 Å². The van der Waals surface area contributed by atoms with Gasteiger partial charge in [0.2, 0.25) is 0 Å². The van der Waals surface area contributed by atoms with Gasteiger partial charge in [0.15, 0.2) is 0 Å². The van der Waals surface area contributed by atoms with Crippen molar-refractivity contribution in [1.82, 2.24) is 0 Å². The van der Waals surface area contributed by atoms with Gasteiger partial charge in [0.1, 0.15) is 5.82 Å². The van der Waals surface area contributed by atoms with Crippen molar-refractivity contribution in [1.29, 1.82) is 0 Å². The lowest BCUT2D eigenvalue weighted by Gasteiger charge is -2.44. The highest BCUT2D eigenvalue weighted by Crippen LogP contribution is 2.44. The topological polar surface area (TPSA) is 9.23 Å². The summed E-state index contributed by atoms with van der Waals surface area (Å²) in [6.07, 6.45) is 1.96. The van der Waals surface area contributed by atoms with Crippen molar-refractivity contribution in [3.05, 3.63) is 70.4 Å². The molecule has 0 radical (unpaired) electrons. The number of halogens is 1. The van der Waals surface area contributed by atoms with Crippen LogP contribution in [0.5, 0.6) is 0 Å². The summed E-state index contributed by atoms with van der Waals surface area (Å²) in [4.78, 5) is 1.20. The van der Waals surface area contributed by atoms with Crippen molar-refractivity contribution in [3.8, 4) is 0 Å². The fourth-order valence-corrected chi connectivity index (χ4v) is 5.69. The highest BCUT2D eigenvalue weighted by Gasteiger charge is 2.38. The predicted molar refractivity (Wildman–Crippen MR) is 116 cm³/mol. The van der Waals surface area contributed by atoms with E-state index in [1.807, 2.05) is 18.2 Å². The van der Waals surface area contributed by atoms with Gasteiger partial charge in [0, 0.05) is 16.0 Å². The summed E-state index contributed by atoms with van der Waals surface area (Å²) in [5, 5.41) is 1.23. The second kappa shape index (κ2) is 7.96. The number of fused-ring (bicyclic) bond motifs is 1. The van der Waals surface area contributed by atoms with E-state index in [0.717, 1.165) is 17.5 Å². The van der Waals surface area contributed by atoms with E-state index in [-0.39, 0.29) is 18.0 Å². The molecular weight excluding hydrogens is 367 g/mol. The molecule has 3 aromatic rings. The molecule has 0 aliphatic carbocycles. The molecule has 0 spiro atoms. The van der Waals surface area contributed by atoms with Crippen molar-refractivity contribution in [2.45, 2.75) is 52.7 Å². The minimum atomic E-state index is -0.127. The smallest absolute Gasteiger partial charge is 0.126 e. The van der Waals surface area contributed by atoms with Gasteiger partial charge in [-0.3, -0.25) is 0 Å². The quantitative estimate of drug-likeness (QED) is 0.447. The Morgan fingerprint density at radius 1 is 0.964 bits per heavy atom. The third-order valence-corrected chi connectivity index (χ3v) is 7.80. The fraction of sp³-hybridized carbons (Fsp3) is 0.440. The van der Waals surface area contributed by atoms with Crippen LogP contribution in [-0.2, 0) is 11.2 Å². The Hall–Kier alpha value is -1.71. The molecule has 1 aliphatic rings. The van der Waals surface area contributed by atoms with Gasteiger partial charge in [0.25, 0.3) is 0 Å². The first-order valence-corrected chi connectivity index (χ1v) is 11.2. The van der Waals surface area contributed by atoms with Crippen molar-refractivity contribution < 1.29 is 9.13 Å². The lowest BCUT2D eigenvalue weighted by molar-refractivity contribution is -0.136. The lowest BCUT2D eigenvalue weighted by atomic mass is 9.74. The maximum absolute atomic E-state index is 14.6. The Morgan fingerprint density at radius 2 is 1.75 bits per heavy atom. The number of hydrogen-bond acceptors (Lipinski definition) is 2. The highest BCUT2D eigenvalue weighted by molar-refractivity contribution is 7.19. The van der Waals surface area contributed by atoms with Crippen LogP contribution in [0.15, 0.2) is 48.5 Å². The van der Waals surface area contributed by atoms with E-state index in [0.29, 0.717) is 24.2 Å². The Morgan fingerprint density at radius 3 is 2.50 bits per heavy atom. The van der Waals surface area contributed by atoms with E-state index in [2.05, 4.69) is 52.0 Å². The maximum Gasteiger partial charge on any atom is 0.126 e. The van der Waals surface area contributed by atoms with Crippen LogP contribution >= 0.6 is 11.3 Å². The predicted octanol–water partition coefficient (Wildman–Crippen LogP) is 7.39. The monoisotopic (exact) mass is 396 g/mol. The molecule has 1 aliphatic heterocycles. The number of thiophene rings is 1. The summed E-state index contributed by atoms with van der Waals surface area (Å²) in [5.41, 5.74) is 1.88. The van der Waals surface area contributed by atoms with Gasteiger partial charge in [-0.1, -0.05) is 52.0 Å². The first-order chi connectivity index (χ1) is 13.5. The van der Waals surface area contributed by atoms with Gasteiger partial charge in [-0.15, -0.1) is 11.3 Å². The van der Waals surface area contributed by atoms with Gasteiger partial charge >= 0.3 is 0 Å². The van der Waals surface area contributed by atoms with Crippen molar-refractivity contribution in [2.24, 2.45) is 17.8 Å². The zero-order valence-electron chi connectivity index (χ0n) is 17.1. The number of benzene rings is 2. The van der Waals surface area contributed by atoms with Crippen LogP contribution in [0.2, 0.25) is 0 Å². The first-order valence-electron chi connectivity index (χ1n) is 10.4. The molecule has 5 unspecified atom stereocenters. The van der Waals surface area contributed by atoms with Crippen LogP contribution in [0.3, 0.4) is 0 Å². The van der Waals surface area contributed by atoms with Crippen molar-refractivity contribution in [2.75, 3.05) is 0 Å². The molecule has 28 heavy (non-hydrogen) atoms. The van der Waals surface area contributed by atoms with Crippen LogP contribution in [0.25, 0.3) is 10.1 Å².